The molecule has 0 aromatic heterocycles. The van der Waals surface area contributed by atoms with Crippen LogP contribution in [0.15, 0.2) is 58.1 Å². The summed E-state index contributed by atoms with van der Waals surface area (Å²) < 4.78 is 0.991. The molecule has 3 nitrogen and oxygen atoms in total. The van der Waals surface area contributed by atoms with Crippen molar-refractivity contribution in [1.29, 1.82) is 0 Å². The molecule has 102 valence electrons. The Labute approximate surface area is 132 Å². The van der Waals surface area contributed by atoms with Crippen LogP contribution in [-0.4, -0.2) is 10.8 Å². The van der Waals surface area contributed by atoms with Gasteiger partial charge in [-0.3, -0.25) is 5.43 Å². The number of aryl methyl sites for hydroxylation is 1. The minimum Gasteiger partial charge on any atom is -0.375 e. The maximum absolute atomic E-state index is 5.46. The molecule has 0 saturated heterocycles. The molecule has 0 spiro atoms. The van der Waals surface area contributed by atoms with Gasteiger partial charge in [-0.15, -0.1) is 0 Å². The average molecular weight is 348 g/mol. The first-order valence-electron chi connectivity index (χ1n) is 6.02. The zero-order valence-corrected chi connectivity index (χ0v) is 13.3. The first-order valence-corrected chi connectivity index (χ1v) is 7.22. The first kappa shape index (κ1) is 14.7. The molecular formula is C15H14BrN3S. The number of thiocarbonyl (C=S) groups is 1. The van der Waals surface area contributed by atoms with Crippen molar-refractivity contribution in [2.24, 2.45) is 10.8 Å². The van der Waals surface area contributed by atoms with Gasteiger partial charge in [-0.05, 0) is 37.3 Å². The van der Waals surface area contributed by atoms with Crippen LogP contribution in [0.25, 0.3) is 0 Å². The highest BCUT2D eigenvalue weighted by Gasteiger charge is 2.08. The van der Waals surface area contributed by atoms with Crippen molar-refractivity contribution >= 4 is 39.0 Å². The molecule has 0 radical (unpaired) electrons. The fraction of sp³-hybridized carbons (Fsp3) is 0.0667. The summed E-state index contributed by atoms with van der Waals surface area (Å²) in [5.74, 6) is 0. The van der Waals surface area contributed by atoms with Gasteiger partial charge in [0.15, 0.2) is 5.11 Å². The standard InChI is InChI=1S/C15H14BrN3S/c1-10-4-2-5-11(8-10)14(18-19-15(17)20)12-6-3-7-13(16)9-12/h2-9H,1H3,(H3,17,19,20)/b18-14+. The van der Waals surface area contributed by atoms with E-state index in [1.54, 1.807) is 0 Å². The Morgan fingerprint density at radius 1 is 1.15 bits per heavy atom. The molecule has 5 heteroatoms. The molecular weight excluding hydrogens is 334 g/mol. The zero-order valence-electron chi connectivity index (χ0n) is 10.9. The van der Waals surface area contributed by atoms with Crippen LogP contribution < -0.4 is 11.2 Å². The number of nitrogens with two attached hydrogens (primary N) is 1. The molecule has 20 heavy (non-hydrogen) atoms. The minimum atomic E-state index is 0.144. The predicted octanol–water partition coefficient (Wildman–Crippen LogP) is 3.34. The van der Waals surface area contributed by atoms with Crippen molar-refractivity contribution in [1.82, 2.24) is 5.43 Å². The highest BCUT2D eigenvalue weighted by atomic mass is 79.9. The van der Waals surface area contributed by atoms with E-state index in [1.165, 1.54) is 5.56 Å². The van der Waals surface area contributed by atoms with Crippen LogP contribution in [0, 0.1) is 6.92 Å². The van der Waals surface area contributed by atoms with Gasteiger partial charge in [0.25, 0.3) is 0 Å². The summed E-state index contributed by atoms with van der Waals surface area (Å²) in [6.45, 7) is 2.04. The number of hydrogen-bond donors (Lipinski definition) is 2. The summed E-state index contributed by atoms with van der Waals surface area (Å²) >= 11 is 8.29. The second-order valence-corrected chi connectivity index (χ2v) is 5.67. The Balaban J connectivity index is 2.50. The van der Waals surface area contributed by atoms with E-state index in [9.17, 15) is 0 Å². The van der Waals surface area contributed by atoms with Gasteiger partial charge in [0.2, 0.25) is 0 Å². The SMILES string of the molecule is Cc1cccc(/C(=N\NC(N)=S)c2cccc(Br)c2)c1. The molecule has 0 aliphatic heterocycles. The van der Waals surface area contributed by atoms with E-state index >= 15 is 0 Å². The van der Waals surface area contributed by atoms with E-state index in [2.05, 4.69) is 32.5 Å². The molecule has 0 fully saturated rings. The van der Waals surface area contributed by atoms with Crippen molar-refractivity contribution in [2.75, 3.05) is 0 Å². The molecule has 0 atom stereocenters. The van der Waals surface area contributed by atoms with E-state index in [0.717, 1.165) is 21.3 Å². The number of nitrogens with one attached hydrogen (secondary N) is 1. The largest absolute Gasteiger partial charge is 0.375 e. The molecule has 0 unspecified atom stereocenters. The van der Waals surface area contributed by atoms with E-state index < -0.39 is 0 Å². The van der Waals surface area contributed by atoms with E-state index in [0.29, 0.717) is 0 Å². The van der Waals surface area contributed by atoms with Crippen LogP contribution in [0.5, 0.6) is 0 Å². The summed E-state index contributed by atoms with van der Waals surface area (Å²) in [5.41, 5.74) is 12.1. The maximum atomic E-state index is 5.46. The third-order valence-electron chi connectivity index (χ3n) is 2.67. The maximum Gasteiger partial charge on any atom is 0.184 e. The molecule has 0 heterocycles. The number of halogens is 1. The summed E-state index contributed by atoms with van der Waals surface area (Å²) in [4.78, 5) is 0. The Kier molecular flexibility index (Phi) is 4.87. The molecule has 0 saturated carbocycles. The Morgan fingerprint density at radius 2 is 1.80 bits per heavy atom. The second kappa shape index (κ2) is 6.63. The summed E-state index contributed by atoms with van der Waals surface area (Å²) in [6.07, 6.45) is 0. The van der Waals surface area contributed by atoms with Crippen LogP contribution >= 0.6 is 28.1 Å². The van der Waals surface area contributed by atoms with Crippen molar-refractivity contribution in [2.45, 2.75) is 6.92 Å². The van der Waals surface area contributed by atoms with Crippen molar-refractivity contribution < 1.29 is 0 Å². The lowest BCUT2D eigenvalue weighted by atomic mass is 10.0. The fourth-order valence-electron chi connectivity index (χ4n) is 1.83. The van der Waals surface area contributed by atoms with Crippen LogP contribution in [0.3, 0.4) is 0 Å². The number of benzene rings is 2. The topological polar surface area (TPSA) is 50.4 Å². The van der Waals surface area contributed by atoms with Gasteiger partial charge in [0.1, 0.15) is 0 Å². The van der Waals surface area contributed by atoms with Gasteiger partial charge < -0.3 is 5.73 Å². The molecule has 0 aliphatic carbocycles. The minimum absolute atomic E-state index is 0.144. The molecule has 0 aliphatic rings. The fourth-order valence-corrected chi connectivity index (χ4v) is 2.28. The molecule has 0 bridgehead atoms. The molecule has 2 rings (SSSR count). The highest BCUT2D eigenvalue weighted by molar-refractivity contribution is 9.10. The Hall–Kier alpha value is -1.72. The molecule has 2 aromatic rings. The lowest BCUT2D eigenvalue weighted by Crippen LogP contribution is -2.26. The predicted molar refractivity (Wildman–Crippen MR) is 90.9 cm³/mol. The van der Waals surface area contributed by atoms with E-state index in [-0.39, 0.29) is 5.11 Å². The summed E-state index contributed by atoms with van der Waals surface area (Å²) in [6, 6.07) is 16.1. The number of rotatable bonds is 3. The van der Waals surface area contributed by atoms with E-state index in [4.69, 9.17) is 18.0 Å². The van der Waals surface area contributed by atoms with Crippen LogP contribution in [0.1, 0.15) is 16.7 Å². The zero-order chi connectivity index (χ0) is 14.5. The van der Waals surface area contributed by atoms with E-state index in [1.807, 2.05) is 49.4 Å². The second-order valence-electron chi connectivity index (χ2n) is 4.32. The number of hydrazone groups is 1. The normalized spacial score (nSPS) is 11.2. The van der Waals surface area contributed by atoms with Crippen LogP contribution in [0.4, 0.5) is 0 Å². The van der Waals surface area contributed by atoms with Gasteiger partial charge in [0, 0.05) is 15.6 Å². The van der Waals surface area contributed by atoms with Crippen molar-refractivity contribution in [3.8, 4) is 0 Å². The lowest BCUT2D eigenvalue weighted by molar-refractivity contribution is 1.03. The highest BCUT2D eigenvalue weighted by Crippen LogP contribution is 2.17. The van der Waals surface area contributed by atoms with Gasteiger partial charge in [0.05, 0.1) is 5.71 Å². The van der Waals surface area contributed by atoms with Gasteiger partial charge in [-0.2, -0.15) is 5.10 Å². The average Bonchev–Trinajstić information content (AvgIpc) is 2.39. The third-order valence-corrected chi connectivity index (χ3v) is 3.25. The van der Waals surface area contributed by atoms with Crippen LogP contribution in [-0.2, 0) is 0 Å². The van der Waals surface area contributed by atoms with Gasteiger partial charge >= 0.3 is 0 Å². The number of hydrogen-bond acceptors (Lipinski definition) is 2. The third kappa shape index (κ3) is 3.88. The first-order chi connectivity index (χ1) is 9.56. The molecule has 0 amide bonds. The summed E-state index contributed by atoms with van der Waals surface area (Å²) in [7, 11) is 0. The number of nitrogens with zero attached hydrogens (tertiary/aromatic N) is 1. The van der Waals surface area contributed by atoms with Gasteiger partial charge in [-0.1, -0.05) is 51.8 Å². The quantitative estimate of drug-likeness (QED) is 0.508. The Bertz CT molecular complexity index is 620. The summed E-state index contributed by atoms with van der Waals surface area (Å²) in [5, 5.41) is 4.47. The van der Waals surface area contributed by atoms with Gasteiger partial charge in [-0.25, -0.2) is 0 Å². The van der Waals surface area contributed by atoms with Crippen LogP contribution in [0.2, 0.25) is 0 Å². The molecule has 3 N–H and O–H groups in total. The molecule has 2 aromatic carbocycles. The smallest absolute Gasteiger partial charge is 0.184 e. The monoisotopic (exact) mass is 347 g/mol. The van der Waals surface area contributed by atoms with Crippen molar-refractivity contribution in [3.05, 3.63) is 69.7 Å². The van der Waals surface area contributed by atoms with Crippen molar-refractivity contribution in [3.63, 3.8) is 0 Å². The Morgan fingerprint density at radius 3 is 2.40 bits per heavy atom. The lowest BCUT2D eigenvalue weighted by Gasteiger charge is -2.09.